The summed E-state index contributed by atoms with van der Waals surface area (Å²) in [5, 5.41) is 14.7. The van der Waals surface area contributed by atoms with Crippen molar-refractivity contribution in [2.24, 2.45) is 0 Å². The Balaban J connectivity index is 1.63. The summed E-state index contributed by atoms with van der Waals surface area (Å²) in [6.45, 7) is 0. The van der Waals surface area contributed by atoms with Gasteiger partial charge in [-0.2, -0.15) is 0 Å². The maximum absolute atomic E-state index is 10.2. The Morgan fingerprint density at radius 1 is 1.05 bits per heavy atom. The fourth-order valence-corrected chi connectivity index (χ4v) is 3.68. The fourth-order valence-electron chi connectivity index (χ4n) is 3.49. The Morgan fingerprint density at radius 3 is 2.74 bits per heavy atom. The molecule has 0 bridgehead atoms. The number of rotatable bonds is 2. The lowest BCUT2D eigenvalue weighted by molar-refractivity contribution is 0.114. The largest absolute Gasteiger partial charge is 0.392 e. The van der Waals surface area contributed by atoms with E-state index in [4.69, 9.17) is 11.6 Å². The summed E-state index contributed by atoms with van der Waals surface area (Å²) in [5.41, 5.74) is 2.78. The molecule has 3 atom stereocenters. The number of aliphatic hydroxyl groups excluding tert-OH is 1. The quantitative estimate of drug-likeness (QED) is 0.816. The van der Waals surface area contributed by atoms with Crippen LogP contribution in [0.4, 0.5) is 0 Å². The minimum absolute atomic E-state index is 0.171. The molecule has 3 unspecified atom stereocenters. The molecule has 104 valence electrons. The van der Waals surface area contributed by atoms with Crippen molar-refractivity contribution in [1.82, 2.24) is 5.32 Å². The van der Waals surface area contributed by atoms with E-state index in [2.05, 4.69) is 17.4 Å². The van der Waals surface area contributed by atoms with Gasteiger partial charge in [-0.05, 0) is 48.9 Å². The first-order valence-corrected chi connectivity index (χ1v) is 7.81. The maximum atomic E-state index is 10.2. The zero-order valence-electron chi connectivity index (χ0n) is 11.2. The van der Waals surface area contributed by atoms with Crippen molar-refractivity contribution in [3.05, 3.63) is 34.3 Å². The summed E-state index contributed by atoms with van der Waals surface area (Å²) in [6.07, 6.45) is 7.65. The van der Waals surface area contributed by atoms with Gasteiger partial charge in [-0.3, -0.25) is 0 Å². The van der Waals surface area contributed by atoms with Gasteiger partial charge in [0.1, 0.15) is 0 Å². The summed E-state index contributed by atoms with van der Waals surface area (Å²) >= 11 is 6.05. The van der Waals surface area contributed by atoms with E-state index in [1.54, 1.807) is 0 Å². The average Bonchev–Trinajstić information content (AvgIpc) is 2.66. The lowest BCUT2D eigenvalue weighted by Gasteiger charge is -2.25. The molecule has 3 rings (SSSR count). The minimum Gasteiger partial charge on any atom is -0.392 e. The van der Waals surface area contributed by atoms with Crippen molar-refractivity contribution in [3.63, 3.8) is 0 Å². The van der Waals surface area contributed by atoms with E-state index in [-0.39, 0.29) is 12.1 Å². The Bertz CT molecular complexity index is 448. The highest BCUT2D eigenvalue weighted by atomic mass is 35.5. The SMILES string of the molecule is OC1CCCCCC1NC1Cc2ccc(Cl)cc2C1. The number of nitrogens with one attached hydrogen (secondary N) is 1. The molecule has 3 heteroatoms. The van der Waals surface area contributed by atoms with Gasteiger partial charge >= 0.3 is 0 Å². The van der Waals surface area contributed by atoms with Crippen LogP contribution < -0.4 is 5.32 Å². The smallest absolute Gasteiger partial charge is 0.0693 e. The molecule has 0 aromatic heterocycles. The Kier molecular flexibility index (Phi) is 4.11. The Morgan fingerprint density at radius 2 is 1.84 bits per heavy atom. The predicted molar refractivity (Wildman–Crippen MR) is 78.7 cm³/mol. The first kappa shape index (κ1) is 13.4. The molecular formula is C16H22ClNO. The third-order valence-electron chi connectivity index (χ3n) is 4.53. The van der Waals surface area contributed by atoms with E-state index in [9.17, 15) is 5.11 Å². The van der Waals surface area contributed by atoms with Crippen LogP contribution in [0.2, 0.25) is 5.02 Å². The highest BCUT2D eigenvalue weighted by molar-refractivity contribution is 6.30. The molecule has 0 radical (unpaired) electrons. The molecule has 0 amide bonds. The molecule has 0 heterocycles. The van der Waals surface area contributed by atoms with Gasteiger partial charge in [0.15, 0.2) is 0 Å². The van der Waals surface area contributed by atoms with E-state index in [1.165, 1.54) is 30.4 Å². The lowest BCUT2D eigenvalue weighted by Crippen LogP contribution is -2.45. The van der Waals surface area contributed by atoms with Crippen LogP contribution in [0.25, 0.3) is 0 Å². The third kappa shape index (κ3) is 3.13. The minimum atomic E-state index is -0.171. The molecule has 0 aliphatic heterocycles. The average molecular weight is 280 g/mol. The zero-order valence-corrected chi connectivity index (χ0v) is 12.0. The van der Waals surface area contributed by atoms with Gasteiger partial charge in [-0.1, -0.05) is 36.9 Å². The Hall–Kier alpha value is -0.570. The highest BCUT2D eigenvalue weighted by Gasteiger charge is 2.27. The first-order valence-electron chi connectivity index (χ1n) is 7.44. The molecular weight excluding hydrogens is 258 g/mol. The molecule has 19 heavy (non-hydrogen) atoms. The van der Waals surface area contributed by atoms with Gasteiger partial charge in [-0.25, -0.2) is 0 Å². The molecule has 0 spiro atoms. The lowest BCUT2D eigenvalue weighted by atomic mass is 10.0. The van der Waals surface area contributed by atoms with Crippen LogP contribution in [0.1, 0.15) is 43.2 Å². The van der Waals surface area contributed by atoms with Crippen molar-refractivity contribution in [2.75, 3.05) is 0 Å². The molecule has 2 aliphatic rings. The predicted octanol–water partition coefficient (Wildman–Crippen LogP) is 3.09. The summed E-state index contributed by atoms with van der Waals surface area (Å²) in [7, 11) is 0. The van der Waals surface area contributed by atoms with Crippen molar-refractivity contribution in [1.29, 1.82) is 0 Å². The van der Waals surface area contributed by atoms with Gasteiger partial charge < -0.3 is 10.4 Å². The molecule has 2 aliphatic carbocycles. The van der Waals surface area contributed by atoms with Crippen molar-refractivity contribution in [3.8, 4) is 0 Å². The first-order chi connectivity index (χ1) is 9.22. The number of aliphatic hydroxyl groups is 1. The number of fused-ring (bicyclic) bond motifs is 1. The second-order valence-corrected chi connectivity index (χ2v) is 6.43. The molecule has 1 saturated carbocycles. The molecule has 1 fully saturated rings. The third-order valence-corrected chi connectivity index (χ3v) is 4.77. The molecule has 1 aromatic rings. The van der Waals surface area contributed by atoms with Crippen molar-refractivity contribution in [2.45, 2.75) is 63.1 Å². The van der Waals surface area contributed by atoms with Gasteiger partial charge in [0, 0.05) is 17.1 Å². The van der Waals surface area contributed by atoms with E-state index in [0.717, 1.165) is 30.7 Å². The van der Waals surface area contributed by atoms with Gasteiger partial charge in [0.2, 0.25) is 0 Å². The summed E-state index contributed by atoms with van der Waals surface area (Å²) in [4.78, 5) is 0. The summed E-state index contributed by atoms with van der Waals surface area (Å²) < 4.78 is 0. The maximum Gasteiger partial charge on any atom is 0.0693 e. The van der Waals surface area contributed by atoms with E-state index >= 15 is 0 Å². The number of hydrogen-bond acceptors (Lipinski definition) is 2. The summed E-state index contributed by atoms with van der Waals surface area (Å²) in [6, 6.07) is 6.94. The van der Waals surface area contributed by atoms with Crippen molar-refractivity contribution >= 4 is 11.6 Å². The number of hydrogen-bond donors (Lipinski definition) is 2. The standard InChI is InChI=1S/C16H22ClNO/c17-13-7-6-11-9-14(10-12(11)8-13)18-15-4-2-1-3-5-16(15)19/h6-8,14-16,18-19H,1-5,9-10H2. The second-order valence-electron chi connectivity index (χ2n) is 6.00. The topological polar surface area (TPSA) is 32.3 Å². The normalized spacial score (nSPS) is 30.9. The van der Waals surface area contributed by atoms with Crippen molar-refractivity contribution < 1.29 is 5.11 Å². The molecule has 1 aromatic carbocycles. The van der Waals surface area contributed by atoms with Crippen LogP contribution in [0.5, 0.6) is 0 Å². The number of halogens is 1. The second kappa shape index (κ2) is 5.82. The van der Waals surface area contributed by atoms with Crippen LogP contribution >= 0.6 is 11.6 Å². The van der Waals surface area contributed by atoms with Crippen LogP contribution in [0, 0.1) is 0 Å². The van der Waals surface area contributed by atoms with Gasteiger partial charge in [0.25, 0.3) is 0 Å². The van der Waals surface area contributed by atoms with Gasteiger partial charge in [-0.15, -0.1) is 0 Å². The van der Waals surface area contributed by atoms with Crippen LogP contribution in [0.3, 0.4) is 0 Å². The fraction of sp³-hybridized carbons (Fsp3) is 0.625. The van der Waals surface area contributed by atoms with Crippen LogP contribution in [0.15, 0.2) is 18.2 Å². The van der Waals surface area contributed by atoms with E-state index in [0.29, 0.717) is 6.04 Å². The van der Waals surface area contributed by atoms with Gasteiger partial charge in [0.05, 0.1) is 6.10 Å². The molecule has 2 nitrogen and oxygen atoms in total. The number of benzene rings is 1. The van der Waals surface area contributed by atoms with Crippen LogP contribution in [-0.4, -0.2) is 23.3 Å². The van der Waals surface area contributed by atoms with E-state index in [1.807, 2.05) is 6.07 Å². The Labute approximate surface area is 120 Å². The molecule has 2 N–H and O–H groups in total. The monoisotopic (exact) mass is 279 g/mol. The zero-order chi connectivity index (χ0) is 13.2. The summed E-state index contributed by atoms with van der Waals surface area (Å²) in [5.74, 6) is 0. The highest BCUT2D eigenvalue weighted by Crippen LogP contribution is 2.27. The van der Waals surface area contributed by atoms with E-state index < -0.39 is 0 Å². The van der Waals surface area contributed by atoms with Crippen LogP contribution in [-0.2, 0) is 12.8 Å². The molecule has 0 saturated heterocycles.